The zero-order valence-electron chi connectivity index (χ0n) is 18.5. The lowest BCUT2D eigenvalue weighted by Gasteiger charge is -2.34. The average molecular weight is 479 g/mol. The van der Waals surface area contributed by atoms with E-state index in [1.54, 1.807) is 23.4 Å². The molecule has 1 aliphatic heterocycles. The van der Waals surface area contributed by atoms with Crippen LogP contribution in [0.4, 0.5) is 5.69 Å². The number of carbonyl (C=O) groups excluding carboxylic acids is 1. The van der Waals surface area contributed by atoms with Gasteiger partial charge in [-0.1, -0.05) is 32.4 Å². The van der Waals surface area contributed by atoms with Crippen LogP contribution in [0.25, 0.3) is 0 Å². The molecular formula is C23H30N2O5S2. The standard InChI is InChI=1S/C23H30N2O5S2/c1-3-17-31(27,28)22-11-6-5-10-21(22)23(26)24-18-12-14-20(15-13-18)32(29,30)25-16-8-7-9-19(25)4-2/h5-6,10-15,19H,3-4,7-9,16-17H2,1-2H3,(H,24,26). The summed E-state index contributed by atoms with van der Waals surface area (Å²) in [7, 11) is -7.18. The van der Waals surface area contributed by atoms with Crippen molar-refractivity contribution >= 4 is 31.5 Å². The predicted molar refractivity (Wildman–Crippen MR) is 125 cm³/mol. The number of amides is 1. The van der Waals surface area contributed by atoms with Crippen molar-refractivity contribution < 1.29 is 21.6 Å². The fourth-order valence-electron chi connectivity index (χ4n) is 4.05. The van der Waals surface area contributed by atoms with Gasteiger partial charge in [0.05, 0.1) is 21.1 Å². The van der Waals surface area contributed by atoms with E-state index in [2.05, 4.69) is 5.32 Å². The van der Waals surface area contributed by atoms with E-state index in [4.69, 9.17) is 0 Å². The van der Waals surface area contributed by atoms with Gasteiger partial charge in [0.2, 0.25) is 10.0 Å². The molecule has 0 bridgehead atoms. The number of hydrogen-bond acceptors (Lipinski definition) is 5. The van der Waals surface area contributed by atoms with Gasteiger partial charge in [0, 0.05) is 18.3 Å². The lowest BCUT2D eigenvalue weighted by atomic mass is 10.0. The second-order valence-electron chi connectivity index (χ2n) is 7.97. The number of rotatable bonds is 8. The summed E-state index contributed by atoms with van der Waals surface area (Å²) in [6.07, 6.45) is 3.97. The number of nitrogens with zero attached hydrogens (tertiary/aromatic N) is 1. The Morgan fingerprint density at radius 3 is 2.34 bits per heavy atom. The highest BCUT2D eigenvalue weighted by molar-refractivity contribution is 7.91. The zero-order valence-corrected chi connectivity index (χ0v) is 20.1. The number of anilines is 1. The Hall–Kier alpha value is -2.23. The molecule has 0 aliphatic carbocycles. The molecule has 0 saturated carbocycles. The van der Waals surface area contributed by atoms with Gasteiger partial charge in [0.1, 0.15) is 0 Å². The number of nitrogens with one attached hydrogen (secondary N) is 1. The molecule has 9 heteroatoms. The van der Waals surface area contributed by atoms with Crippen LogP contribution in [0.2, 0.25) is 0 Å². The van der Waals surface area contributed by atoms with Gasteiger partial charge in [-0.2, -0.15) is 4.31 Å². The van der Waals surface area contributed by atoms with Gasteiger partial charge in [-0.05, 0) is 62.1 Å². The minimum absolute atomic E-state index is 0.00532. The Balaban J connectivity index is 1.81. The van der Waals surface area contributed by atoms with Crippen molar-refractivity contribution in [3.05, 3.63) is 54.1 Å². The van der Waals surface area contributed by atoms with E-state index in [0.717, 1.165) is 25.7 Å². The summed E-state index contributed by atoms with van der Waals surface area (Å²) in [5.74, 6) is -0.600. The van der Waals surface area contributed by atoms with Crippen molar-refractivity contribution in [1.82, 2.24) is 4.31 Å². The van der Waals surface area contributed by atoms with E-state index < -0.39 is 25.8 Å². The average Bonchev–Trinajstić information content (AvgIpc) is 2.79. The van der Waals surface area contributed by atoms with Crippen molar-refractivity contribution in [2.75, 3.05) is 17.6 Å². The number of carbonyl (C=O) groups is 1. The van der Waals surface area contributed by atoms with Gasteiger partial charge in [0.15, 0.2) is 9.84 Å². The highest BCUT2D eigenvalue weighted by Gasteiger charge is 2.32. The molecule has 0 spiro atoms. The maximum atomic E-state index is 13.1. The lowest BCUT2D eigenvalue weighted by Crippen LogP contribution is -2.43. The topological polar surface area (TPSA) is 101 Å². The first-order valence-electron chi connectivity index (χ1n) is 11.0. The van der Waals surface area contributed by atoms with Gasteiger partial charge in [-0.3, -0.25) is 4.79 Å². The SMILES string of the molecule is CCCS(=O)(=O)c1ccccc1C(=O)Nc1ccc(S(=O)(=O)N2CCCCC2CC)cc1. The molecule has 1 saturated heterocycles. The summed E-state index contributed by atoms with van der Waals surface area (Å²) in [6.45, 7) is 4.28. The number of hydrogen-bond donors (Lipinski definition) is 1. The fourth-order valence-corrected chi connectivity index (χ4v) is 7.35. The van der Waals surface area contributed by atoms with Gasteiger partial charge >= 0.3 is 0 Å². The molecule has 32 heavy (non-hydrogen) atoms. The molecular weight excluding hydrogens is 448 g/mol. The molecule has 1 amide bonds. The molecule has 1 fully saturated rings. The van der Waals surface area contributed by atoms with Crippen LogP contribution < -0.4 is 5.32 Å². The van der Waals surface area contributed by atoms with Gasteiger partial charge in [0.25, 0.3) is 5.91 Å². The van der Waals surface area contributed by atoms with Crippen molar-refractivity contribution in [1.29, 1.82) is 0 Å². The molecule has 1 heterocycles. The molecule has 3 rings (SSSR count). The molecule has 0 aromatic heterocycles. The van der Waals surface area contributed by atoms with E-state index in [1.807, 2.05) is 6.92 Å². The summed E-state index contributed by atoms with van der Waals surface area (Å²) < 4.78 is 52.8. The summed E-state index contributed by atoms with van der Waals surface area (Å²) in [6, 6.07) is 12.1. The highest BCUT2D eigenvalue weighted by Crippen LogP contribution is 2.28. The van der Waals surface area contributed by atoms with Crippen molar-refractivity contribution in [3.63, 3.8) is 0 Å². The Morgan fingerprint density at radius 1 is 1.00 bits per heavy atom. The van der Waals surface area contributed by atoms with Crippen LogP contribution in [0.15, 0.2) is 58.3 Å². The van der Waals surface area contributed by atoms with E-state index in [-0.39, 0.29) is 27.1 Å². The first-order chi connectivity index (χ1) is 15.2. The molecule has 1 N–H and O–H groups in total. The van der Waals surface area contributed by atoms with Gasteiger partial charge in [-0.15, -0.1) is 0 Å². The number of benzene rings is 2. The monoisotopic (exact) mass is 478 g/mol. The van der Waals surface area contributed by atoms with Crippen molar-refractivity contribution in [3.8, 4) is 0 Å². The van der Waals surface area contributed by atoms with Crippen LogP contribution >= 0.6 is 0 Å². The summed E-state index contributed by atoms with van der Waals surface area (Å²) in [5, 5.41) is 2.68. The molecule has 1 aliphatic rings. The van der Waals surface area contributed by atoms with E-state index in [9.17, 15) is 21.6 Å². The number of sulfone groups is 1. The van der Waals surface area contributed by atoms with Crippen LogP contribution in [-0.2, 0) is 19.9 Å². The molecule has 2 aromatic rings. The third-order valence-electron chi connectivity index (χ3n) is 5.70. The smallest absolute Gasteiger partial charge is 0.256 e. The Bertz CT molecular complexity index is 1160. The van der Waals surface area contributed by atoms with Gasteiger partial charge in [-0.25, -0.2) is 16.8 Å². The number of piperidine rings is 1. The minimum Gasteiger partial charge on any atom is -0.322 e. The quantitative estimate of drug-likeness (QED) is 0.616. The van der Waals surface area contributed by atoms with Crippen molar-refractivity contribution in [2.45, 2.75) is 61.8 Å². The Labute approximate surface area is 190 Å². The van der Waals surface area contributed by atoms with Crippen LogP contribution in [0.5, 0.6) is 0 Å². The van der Waals surface area contributed by atoms with E-state index in [0.29, 0.717) is 18.7 Å². The highest BCUT2D eigenvalue weighted by atomic mass is 32.2. The lowest BCUT2D eigenvalue weighted by molar-refractivity contribution is 0.102. The third-order valence-corrected chi connectivity index (χ3v) is 9.64. The van der Waals surface area contributed by atoms with Crippen molar-refractivity contribution in [2.24, 2.45) is 0 Å². The zero-order chi connectivity index (χ0) is 23.4. The third kappa shape index (κ3) is 5.22. The second kappa shape index (κ2) is 10.1. The van der Waals surface area contributed by atoms with E-state index >= 15 is 0 Å². The first kappa shape index (κ1) is 24.4. The first-order valence-corrected chi connectivity index (χ1v) is 14.0. The normalized spacial score (nSPS) is 17.8. The molecule has 1 unspecified atom stereocenters. The largest absolute Gasteiger partial charge is 0.322 e. The summed E-state index contributed by atoms with van der Waals surface area (Å²) in [5.41, 5.74) is 0.457. The second-order valence-corrected chi connectivity index (χ2v) is 11.9. The molecule has 0 radical (unpaired) electrons. The minimum atomic E-state index is -3.61. The Kier molecular flexibility index (Phi) is 7.74. The number of sulfonamides is 1. The molecule has 1 atom stereocenters. The molecule has 174 valence electrons. The summed E-state index contributed by atoms with van der Waals surface area (Å²) >= 11 is 0. The molecule has 7 nitrogen and oxygen atoms in total. The molecule has 2 aromatic carbocycles. The van der Waals surface area contributed by atoms with Crippen LogP contribution in [0, 0.1) is 0 Å². The summed E-state index contributed by atoms with van der Waals surface area (Å²) in [4.78, 5) is 13.0. The van der Waals surface area contributed by atoms with Crippen LogP contribution in [0.1, 0.15) is 56.3 Å². The maximum Gasteiger partial charge on any atom is 0.256 e. The predicted octanol–water partition coefficient (Wildman–Crippen LogP) is 4.08. The van der Waals surface area contributed by atoms with E-state index in [1.165, 1.54) is 36.4 Å². The fraction of sp³-hybridized carbons (Fsp3) is 0.435. The van der Waals surface area contributed by atoms with Crippen LogP contribution in [0.3, 0.4) is 0 Å². The van der Waals surface area contributed by atoms with Crippen LogP contribution in [-0.4, -0.2) is 45.4 Å². The van der Waals surface area contributed by atoms with Gasteiger partial charge < -0.3 is 5.32 Å². The Morgan fingerprint density at radius 2 is 1.69 bits per heavy atom. The maximum absolute atomic E-state index is 13.1.